The second-order valence-corrected chi connectivity index (χ2v) is 21.9. The molecule has 0 heterocycles. The van der Waals surface area contributed by atoms with Crippen LogP contribution in [0.5, 0.6) is 0 Å². The number of hydrogen-bond donors (Lipinski definition) is 1. The van der Waals surface area contributed by atoms with Crippen LogP contribution in [-0.4, -0.2) is 23.5 Å². The summed E-state index contributed by atoms with van der Waals surface area (Å²) in [6.45, 7) is 6.06. The molecule has 0 aliphatic carbocycles. The average Bonchev–Trinajstić information content (AvgIpc) is 2.27. The van der Waals surface area contributed by atoms with Gasteiger partial charge in [-0.2, -0.15) is 0 Å². The van der Waals surface area contributed by atoms with Crippen molar-refractivity contribution >= 4 is 18.4 Å². The third-order valence-electron chi connectivity index (χ3n) is 3.12. The number of aliphatic hydroxyl groups excluding tert-OH is 1. The molecule has 17 heavy (non-hydrogen) atoms. The normalized spacial score (nSPS) is 17.2. The summed E-state index contributed by atoms with van der Waals surface area (Å²) in [5, 5.41) is 10.6. The van der Waals surface area contributed by atoms with Crippen LogP contribution in [0.15, 0.2) is 43.0 Å². The van der Waals surface area contributed by atoms with Crippen LogP contribution in [0, 0.1) is 5.41 Å². The van der Waals surface area contributed by atoms with Gasteiger partial charge in [0.15, 0.2) is 0 Å². The first-order chi connectivity index (χ1) is 7.78. The quantitative estimate of drug-likeness (QED) is 0.628. The molecule has 1 rings (SSSR count). The van der Waals surface area contributed by atoms with Gasteiger partial charge in [-0.05, 0) is 0 Å². The average molecular weight is 339 g/mol. The third-order valence-corrected chi connectivity index (χ3v) is 8.32. The van der Waals surface area contributed by atoms with E-state index in [1.807, 2.05) is 36.4 Å². The van der Waals surface area contributed by atoms with Gasteiger partial charge in [-0.1, -0.05) is 0 Å². The molecule has 1 nitrogen and oxygen atoms in total. The van der Waals surface area contributed by atoms with Gasteiger partial charge in [0.25, 0.3) is 0 Å². The molecular weight excluding hydrogens is 315 g/mol. The molecular formula is C15H24OSn. The molecule has 2 heteroatoms. The van der Waals surface area contributed by atoms with Crippen molar-refractivity contribution in [1.82, 2.24) is 0 Å². The second-order valence-electron chi connectivity index (χ2n) is 6.26. The van der Waals surface area contributed by atoms with E-state index in [9.17, 15) is 5.11 Å². The van der Waals surface area contributed by atoms with Crippen molar-refractivity contribution in [2.45, 2.75) is 32.3 Å². The molecule has 0 aliphatic rings. The van der Waals surface area contributed by atoms with E-state index in [2.05, 4.69) is 28.3 Å². The number of benzene rings is 1. The summed E-state index contributed by atoms with van der Waals surface area (Å²) in [5.74, 6) is 0. The van der Waals surface area contributed by atoms with Gasteiger partial charge < -0.3 is 0 Å². The van der Waals surface area contributed by atoms with Gasteiger partial charge in [0.05, 0.1) is 0 Å². The molecule has 0 radical (unpaired) electrons. The van der Waals surface area contributed by atoms with Crippen molar-refractivity contribution in [3.8, 4) is 0 Å². The van der Waals surface area contributed by atoms with Gasteiger partial charge in [-0.25, -0.2) is 0 Å². The van der Waals surface area contributed by atoms with E-state index >= 15 is 0 Å². The summed E-state index contributed by atoms with van der Waals surface area (Å²) in [6.07, 6.45) is 1.49. The standard InChI is InChI=1S/C12H15O.3CH3.Sn/c1-4-12(2,3)11(13)10-8-6-5-7-9-10;;;;/h4-9,11,13H,1-2H2,3H3;3*1H3;/t11-,12+;;;;/m1..../s1. The van der Waals surface area contributed by atoms with E-state index in [1.54, 1.807) is 0 Å². The first kappa shape index (κ1) is 14.8. The minimum absolute atomic E-state index is 0.199. The zero-order valence-corrected chi connectivity index (χ0v) is 14.3. The van der Waals surface area contributed by atoms with E-state index in [1.165, 1.54) is 0 Å². The fourth-order valence-electron chi connectivity index (χ4n) is 2.44. The van der Waals surface area contributed by atoms with Crippen molar-refractivity contribution < 1.29 is 5.11 Å². The molecule has 0 unspecified atom stereocenters. The molecule has 0 aliphatic heterocycles. The first-order valence-electron chi connectivity index (χ1n) is 6.15. The minimum atomic E-state index is -1.96. The van der Waals surface area contributed by atoms with E-state index in [4.69, 9.17) is 0 Å². The Morgan fingerprint density at radius 3 is 2.24 bits per heavy atom. The van der Waals surface area contributed by atoms with E-state index in [0.717, 1.165) is 10.0 Å². The van der Waals surface area contributed by atoms with Crippen LogP contribution in [0.2, 0.25) is 19.3 Å². The molecule has 0 saturated heterocycles. The summed E-state index contributed by atoms with van der Waals surface area (Å²) in [5.41, 5.74) is 0.792. The topological polar surface area (TPSA) is 20.2 Å². The Balaban J connectivity index is 2.98. The van der Waals surface area contributed by atoms with Crippen LogP contribution in [0.3, 0.4) is 0 Å². The number of hydrogen-bond acceptors (Lipinski definition) is 1. The van der Waals surface area contributed by atoms with E-state index in [0.29, 0.717) is 0 Å². The Morgan fingerprint density at radius 2 is 1.82 bits per heavy atom. The Hall–Kier alpha value is -0.281. The fraction of sp³-hybridized carbons (Fsp3) is 0.467. The van der Waals surface area contributed by atoms with Crippen LogP contribution >= 0.6 is 0 Å². The molecule has 0 amide bonds. The molecule has 0 fully saturated rings. The van der Waals surface area contributed by atoms with Crippen molar-refractivity contribution in [3.63, 3.8) is 0 Å². The molecule has 0 bridgehead atoms. The van der Waals surface area contributed by atoms with Gasteiger partial charge in [0.2, 0.25) is 0 Å². The van der Waals surface area contributed by atoms with Crippen LogP contribution in [0.25, 0.3) is 0 Å². The van der Waals surface area contributed by atoms with Crippen molar-refractivity contribution in [2.75, 3.05) is 0 Å². The molecule has 0 aromatic heterocycles. The van der Waals surface area contributed by atoms with Crippen LogP contribution in [0.4, 0.5) is 0 Å². The summed E-state index contributed by atoms with van der Waals surface area (Å²) in [6, 6.07) is 9.91. The van der Waals surface area contributed by atoms with E-state index < -0.39 is 24.5 Å². The van der Waals surface area contributed by atoms with Crippen LogP contribution in [0.1, 0.15) is 18.6 Å². The summed E-state index contributed by atoms with van der Waals surface area (Å²) in [7, 11) is 0. The Bertz CT molecular complexity index is 366. The molecule has 1 aromatic rings. The van der Waals surface area contributed by atoms with Crippen molar-refractivity contribution in [3.05, 3.63) is 48.6 Å². The predicted octanol–water partition coefficient (Wildman–Crippen LogP) is 4.25. The first-order valence-corrected chi connectivity index (χ1v) is 16.7. The van der Waals surface area contributed by atoms with Gasteiger partial charge in [0.1, 0.15) is 0 Å². The van der Waals surface area contributed by atoms with Gasteiger partial charge >= 0.3 is 110 Å². The predicted molar refractivity (Wildman–Crippen MR) is 77.9 cm³/mol. The number of aliphatic hydroxyl groups is 1. The molecule has 1 aromatic carbocycles. The second kappa shape index (κ2) is 5.57. The zero-order chi connectivity index (χ0) is 13.1. The summed E-state index contributed by atoms with van der Waals surface area (Å²) < 4.78 is 1.11. The van der Waals surface area contributed by atoms with Crippen LogP contribution < -0.4 is 0 Å². The van der Waals surface area contributed by atoms with Crippen molar-refractivity contribution in [2.24, 2.45) is 5.41 Å². The molecule has 0 spiro atoms. The summed E-state index contributed by atoms with van der Waals surface area (Å²) >= 11 is -1.96. The van der Waals surface area contributed by atoms with Gasteiger partial charge in [-0.15, -0.1) is 0 Å². The molecule has 94 valence electrons. The SMILES string of the molecule is C=C[C@@](C)([CH2][Sn]([CH3])([CH3])[CH3])[C@H](O)c1ccccc1. The third kappa shape index (κ3) is 4.14. The van der Waals surface area contributed by atoms with Gasteiger partial charge in [0, 0.05) is 0 Å². The Morgan fingerprint density at radius 1 is 1.29 bits per heavy atom. The molecule has 2 atom stereocenters. The van der Waals surface area contributed by atoms with E-state index in [-0.39, 0.29) is 5.41 Å². The Kier molecular flexibility index (Phi) is 4.84. The van der Waals surface area contributed by atoms with Crippen molar-refractivity contribution in [1.29, 1.82) is 0 Å². The monoisotopic (exact) mass is 340 g/mol. The molecule has 0 saturated carbocycles. The van der Waals surface area contributed by atoms with Gasteiger partial charge in [-0.3, -0.25) is 0 Å². The fourth-order valence-corrected chi connectivity index (χ4v) is 9.93. The maximum absolute atomic E-state index is 10.6. The van der Waals surface area contributed by atoms with Crippen LogP contribution in [-0.2, 0) is 0 Å². The zero-order valence-electron chi connectivity index (χ0n) is 11.4. The molecule has 1 N–H and O–H groups in total. The summed E-state index contributed by atoms with van der Waals surface area (Å²) in [4.78, 5) is 7.19. The number of rotatable bonds is 5. The Labute approximate surface area is 109 Å². The maximum atomic E-state index is 10.6.